The van der Waals surface area contributed by atoms with Crippen molar-refractivity contribution < 1.29 is 0 Å². The van der Waals surface area contributed by atoms with Crippen molar-refractivity contribution >= 4 is 28.8 Å². The summed E-state index contributed by atoms with van der Waals surface area (Å²) in [4.78, 5) is 4.24. The molecular formula is C8H8N4S2. The van der Waals surface area contributed by atoms with Gasteiger partial charge in [0.25, 0.3) is 0 Å². The highest BCUT2D eigenvalue weighted by molar-refractivity contribution is 8.00. The molecule has 0 saturated carbocycles. The first kappa shape index (κ1) is 9.42. The molecule has 0 fully saturated rings. The second kappa shape index (κ2) is 3.93. The van der Waals surface area contributed by atoms with E-state index in [1.54, 1.807) is 11.7 Å². The van der Waals surface area contributed by atoms with Gasteiger partial charge in [0, 0.05) is 11.9 Å². The van der Waals surface area contributed by atoms with E-state index in [4.69, 9.17) is 5.73 Å². The summed E-state index contributed by atoms with van der Waals surface area (Å²) < 4.78 is 0.876. The van der Waals surface area contributed by atoms with E-state index in [-0.39, 0.29) is 0 Å². The second-order valence-corrected chi connectivity index (χ2v) is 4.79. The van der Waals surface area contributed by atoms with Crippen molar-refractivity contribution in [3.05, 3.63) is 23.3 Å². The number of anilines is 1. The Kier molecular flexibility index (Phi) is 2.64. The van der Waals surface area contributed by atoms with Gasteiger partial charge in [0.2, 0.25) is 0 Å². The van der Waals surface area contributed by atoms with Crippen LogP contribution in [0.25, 0.3) is 0 Å². The Morgan fingerprint density at radius 3 is 3.00 bits per heavy atom. The average Bonchev–Trinajstić information content (AvgIpc) is 2.64. The van der Waals surface area contributed by atoms with Crippen LogP contribution in [-0.2, 0) is 0 Å². The van der Waals surface area contributed by atoms with E-state index < -0.39 is 0 Å². The van der Waals surface area contributed by atoms with Gasteiger partial charge in [0.15, 0.2) is 4.34 Å². The highest BCUT2D eigenvalue weighted by atomic mass is 32.2. The molecule has 72 valence electrons. The summed E-state index contributed by atoms with van der Waals surface area (Å²) in [5, 5.41) is 8.51. The minimum Gasteiger partial charge on any atom is -0.398 e. The number of aromatic nitrogens is 3. The maximum Gasteiger partial charge on any atom is 0.180 e. The van der Waals surface area contributed by atoms with Gasteiger partial charge in [-0.05, 0) is 30.3 Å². The highest BCUT2D eigenvalue weighted by Gasteiger charge is 2.03. The number of nitrogen functional groups attached to an aromatic ring is 1. The van der Waals surface area contributed by atoms with Gasteiger partial charge in [-0.1, -0.05) is 11.3 Å². The van der Waals surface area contributed by atoms with Gasteiger partial charge in [-0.2, -0.15) is 0 Å². The van der Waals surface area contributed by atoms with Crippen LogP contribution in [0.3, 0.4) is 0 Å². The Morgan fingerprint density at radius 2 is 2.36 bits per heavy atom. The number of aryl methyl sites for hydroxylation is 1. The lowest BCUT2D eigenvalue weighted by molar-refractivity contribution is 1.00. The third-order valence-electron chi connectivity index (χ3n) is 1.65. The van der Waals surface area contributed by atoms with Crippen molar-refractivity contribution in [3.8, 4) is 0 Å². The number of nitrogens with zero attached hydrogens (tertiary/aromatic N) is 3. The minimum absolute atomic E-state index is 0.756. The van der Waals surface area contributed by atoms with Crippen molar-refractivity contribution in [1.29, 1.82) is 0 Å². The molecule has 2 rings (SSSR count). The summed E-state index contributed by atoms with van der Waals surface area (Å²) in [6, 6.07) is 1.85. The van der Waals surface area contributed by atoms with Gasteiger partial charge in [-0.25, -0.2) is 4.98 Å². The topological polar surface area (TPSA) is 64.7 Å². The van der Waals surface area contributed by atoms with Crippen molar-refractivity contribution in [2.24, 2.45) is 0 Å². The first-order chi connectivity index (χ1) is 6.75. The van der Waals surface area contributed by atoms with Gasteiger partial charge in [-0.15, -0.1) is 10.2 Å². The van der Waals surface area contributed by atoms with Gasteiger partial charge in [0.1, 0.15) is 10.5 Å². The summed E-state index contributed by atoms with van der Waals surface area (Å²) in [7, 11) is 0. The molecule has 2 heterocycles. The van der Waals surface area contributed by atoms with Crippen LogP contribution in [0, 0.1) is 6.92 Å². The van der Waals surface area contributed by atoms with E-state index in [0.29, 0.717) is 0 Å². The Morgan fingerprint density at radius 1 is 1.50 bits per heavy atom. The van der Waals surface area contributed by atoms with Crippen LogP contribution in [0.4, 0.5) is 5.69 Å². The second-order valence-electron chi connectivity index (χ2n) is 2.69. The molecule has 6 heteroatoms. The molecule has 0 amide bonds. The van der Waals surface area contributed by atoms with Crippen LogP contribution >= 0.6 is 23.1 Å². The molecule has 0 spiro atoms. The molecule has 0 unspecified atom stereocenters. The molecule has 0 atom stereocenters. The molecule has 0 aromatic carbocycles. The SMILES string of the molecule is Cc1cnc(Sc2nncs2)cc1N. The first-order valence-corrected chi connectivity index (χ1v) is 5.61. The predicted octanol–water partition coefficient (Wildman–Crippen LogP) is 1.97. The zero-order valence-corrected chi connectivity index (χ0v) is 9.10. The Bertz CT molecular complexity index is 427. The van der Waals surface area contributed by atoms with Gasteiger partial charge >= 0.3 is 0 Å². The van der Waals surface area contributed by atoms with Crippen LogP contribution in [0.1, 0.15) is 5.56 Å². The number of nitrogens with two attached hydrogens (primary N) is 1. The number of hydrogen-bond donors (Lipinski definition) is 1. The fraction of sp³-hybridized carbons (Fsp3) is 0.125. The normalized spacial score (nSPS) is 10.4. The van der Waals surface area contributed by atoms with E-state index in [1.807, 2.05) is 13.0 Å². The smallest absolute Gasteiger partial charge is 0.180 e. The lowest BCUT2D eigenvalue weighted by Gasteiger charge is -2.00. The summed E-state index contributed by atoms with van der Waals surface area (Å²) >= 11 is 2.96. The van der Waals surface area contributed by atoms with Gasteiger partial charge in [-0.3, -0.25) is 0 Å². The Labute approximate surface area is 89.6 Å². The van der Waals surface area contributed by atoms with E-state index in [9.17, 15) is 0 Å². The van der Waals surface area contributed by atoms with Crippen LogP contribution in [0.15, 0.2) is 27.1 Å². The fourth-order valence-electron chi connectivity index (χ4n) is 0.872. The average molecular weight is 224 g/mol. The third kappa shape index (κ3) is 2.02. The number of rotatable bonds is 2. The molecule has 0 saturated heterocycles. The van der Waals surface area contributed by atoms with Gasteiger partial charge < -0.3 is 5.73 Å². The molecule has 0 radical (unpaired) electrons. The number of hydrogen-bond acceptors (Lipinski definition) is 6. The standard InChI is InChI=1S/C8H8N4S2/c1-5-3-10-7(2-6(5)9)14-8-12-11-4-13-8/h2-4H,1H3,(H2,9,10). The lowest BCUT2D eigenvalue weighted by Crippen LogP contribution is -1.91. The molecule has 4 nitrogen and oxygen atoms in total. The maximum atomic E-state index is 5.76. The summed E-state index contributed by atoms with van der Waals surface area (Å²) in [5.74, 6) is 0. The van der Waals surface area contributed by atoms with E-state index >= 15 is 0 Å². The molecule has 2 aromatic heterocycles. The zero-order chi connectivity index (χ0) is 9.97. The summed E-state index contributed by atoms with van der Waals surface area (Å²) in [6.45, 7) is 1.93. The summed E-state index contributed by atoms with van der Waals surface area (Å²) in [5.41, 5.74) is 9.21. The molecule has 14 heavy (non-hydrogen) atoms. The van der Waals surface area contributed by atoms with Crippen molar-refractivity contribution in [1.82, 2.24) is 15.2 Å². The van der Waals surface area contributed by atoms with Crippen LogP contribution in [0.2, 0.25) is 0 Å². The monoisotopic (exact) mass is 224 g/mol. The maximum absolute atomic E-state index is 5.76. The van der Waals surface area contributed by atoms with Crippen molar-refractivity contribution in [2.45, 2.75) is 16.3 Å². The van der Waals surface area contributed by atoms with Crippen LogP contribution in [0.5, 0.6) is 0 Å². The number of pyridine rings is 1. The van der Waals surface area contributed by atoms with Crippen LogP contribution in [-0.4, -0.2) is 15.2 Å². The Hall–Kier alpha value is -1.14. The predicted molar refractivity (Wildman–Crippen MR) is 57.4 cm³/mol. The quantitative estimate of drug-likeness (QED) is 0.845. The highest BCUT2D eigenvalue weighted by Crippen LogP contribution is 2.28. The molecule has 0 aliphatic heterocycles. The van der Waals surface area contributed by atoms with Crippen LogP contribution < -0.4 is 5.73 Å². The fourth-order valence-corrected chi connectivity index (χ4v) is 2.29. The zero-order valence-electron chi connectivity index (χ0n) is 7.47. The third-order valence-corrected chi connectivity index (χ3v) is 3.36. The Balaban J connectivity index is 2.22. The van der Waals surface area contributed by atoms with Crippen molar-refractivity contribution in [2.75, 3.05) is 5.73 Å². The molecular weight excluding hydrogens is 216 g/mol. The largest absolute Gasteiger partial charge is 0.398 e. The summed E-state index contributed by atoms with van der Waals surface area (Å²) in [6.07, 6.45) is 1.76. The molecule has 2 aromatic rings. The van der Waals surface area contributed by atoms with E-state index in [2.05, 4.69) is 15.2 Å². The molecule has 0 aliphatic rings. The van der Waals surface area contributed by atoms with Crippen molar-refractivity contribution in [3.63, 3.8) is 0 Å². The first-order valence-electron chi connectivity index (χ1n) is 3.92. The van der Waals surface area contributed by atoms with E-state index in [0.717, 1.165) is 20.6 Å². The van der Waals surface area contributed by atoms with E-state index in [1.165, 1.54) is 23.1 Å². The lowest BCUT2D eigenvalue weighted by atomic mass is 10.3. The minimum atomic E-state index is 0.756. The molecule has 0 aliphatic carbocycles. The molecule has 0 bridgehead atoms. The molecule has 2 N–H and O–H groups in total. The van der Waals surface area contributed by atoms with Gasteiger partial charge in [0.05, 0.1) is 0 Å².